The van der Waals surface area contributed by atoms with Gasteiger partial charge in [-0.2, -0.15) is 0 Å². The molecule has 0 aromatic rings. The molecule has 12 unspecified atom stereocenters. The second kappa shape index (κ2) is 52.5. The van der Waals surface area contributed by atoms with E-state index in [0.717, 1.165) is 64.2 Å². The largest absolute Gasteiger partial charge is 0.394 e. The summed E-state index contributed by atoms with van der Waals surface area (Å²) in [4.78, 5) is 13.3. The van der Waals surface area contributed by atoms with Crippen molar-refractivity contribution < 1.29 is 64.6 Å². The molecule has 2 aliphatic rings. The molecule has 0 radical (unpaired) electrons. The van der Waals surface area contributed by atoms with Crippen LogP contribution in [-0.4, -0.2) is 140 Å². The molecule has 2 rings (SSSR count). The van der Waals surface area contributed by atoms with E-state index in [4.69, 9.17) is 18.9 Å². The highest BCUT2D eigenvalue weighted by Gasteiger charge is 2.51. The fourth-order valence-electron chi connectivity index (χ4n) is 11.2. The van der Waals surface area contributed by atoms with Crippen molar-refractivity contribution in [1.82, 2.24) is 5.32 Å². The lowest BCUT2D eigenvalue weighted by molar-refractivity contribution is -0.359. The molecule has 9 N–H and O–H groups in total. The zero-order valence-corrected chi connectivity index (χ0v) is 51.5. The van der Waals surface area contributed by atoms with E-state index in [1.165, 1.54) is 199 Å². The van der Waals surface area contributed by atoms with Crippen molar-refractivity contribution in [3.63, 3.8) is 0 Å². The molecule has 12 atom stereocenters. The van der Waals surface area contributed by atoms with E-state index in [0.29, 0.717) is 12.8 Å². The SMILES string of the molecule is CCCCCCC/C=C\C/C=C\C/C=C\CCCCCCCCCCCCCCCCCCCCCCCCC(=O)NC(COC1OC(CO)C(OC2OC(CO)C(O)C(O)C2O)C(O)C1O)C(O)CCCCCCCCCCCC. The molecule has 81 heavy (non-hydrogen) atoms. The number of ether oxygens (including phenoxy) is 4. The molecule has 2 fully saturated rings. The van der Waals surface area contributed by atoms with Crippen molar-refractivity contribution >= 4 is 5.91 Å². The molecule has 0 aliphatic carbocycles. The van der Waals surface area contributed by atoms with Gasteiger partial charge in [0.05, 0.1) is 32.0 Å². The fourth-order valence-corrected chi connectivity index (χ4v) is 11.2. The fraction of sp³-hybridized carbons (Fsp3) is 0.896. The quantitative estimate of drug-likeness (QED) is 0.0204. The number of carbonyl (C=O) groups is 1. The van der Waals surface area contributed by atoms with Gasteiger partial charge in [-0.05, 0) is 51.4 Å². The molecule has 0 spiro atoms. The van der Waals surface area contributed by atoms with Gasteiger partial charge in [0.25, 0.3) is 0 Å². The van der Waals surface area contributed by atoms with E-state index in [2.05, 4.69) is 55.6 Å². The Hall–Kier alpha value is -1.79. The Morgan fingerprint density at radius 2 is 0.815 bits per heavy atom. The minimum Gasteiger partial charge on any atom is -0.394 e. The van der Waals surface area contributed by atoms with Crippen molar-refractivity contribution in [2.24, 2.45) is 0 Å². The molecule has 0 saturated carbocycles. The molecule has 476 valence electrons. The van der Waals surface area contributed by atoms with Crippen LogP contribution in [0, 0.1) is 0 Å². The van der Waals surface area contributed by atoms with Crippen LogP contribution in [0.5, 0.6) is 0 Å². The summed E-state index contributed by atoms with van der Waals surface area (Å²) in [5.74, 6) is -0.204. The van der Waals surface area contributed by atoms with Gasteiger partial charge >= 0.3 is 0 Å². The van der Waals surface area contributed by atoms with E-state index >= 15 is 0 Å². The minimum atomic E-state index is -1.78. The number of amides is 1. The highest BCUT2D eigenvalue weighted by Crippen LogP contribution is 2.30. The number of aliphatic hydroxyl groups is 8. The molecular weight excluding hydrogens is 1030 g/mol. The average molecular weight is 1150 g/mol. The van der Waals surface area contributed by atoms with Crippen LogP contribution in [0.3, 0.4) is 0 Å². The van der Waals surface area contributed by atoms with Crippen LogP contribution in [0.1, 0.15) is 290 Å². The zero-order valence-electron chi connectivity index (χ0n) is 51.5. The van der Waals surface area contributed by atoms with Gasteiger partial charge in [-0.1, -0.05) is 269 Å². The molecule has 1 amide bonds. The van der Waals surface area contributed by atoms with Crippen molar-refractivity contribution in [3.8, 4) is 0 Å². The first-order chi connectivity index (χ1) is 39.6. The first-order valence-electron chi connectivity index (χ1n) is 33.7. The maximum atomic E-state index is 13.3. The third-order valence-electron chi connectivity index (χ3n) is 16.6. The van der Waals surface area contributed by atoms with Gasteiger partial charge in [0.1, 0.15) is 48.8 Å². The maximum absolute atomic E-state index is 13.3. The molecule has 14 heteroatoms. The topological polar surface area (TPSA) is 228 Å². The summed E-state index contributed by atoms with van der Waals surface area (Å²) in [5.41, 5.74) is 0. The lowest BCUT2D eigenvalue weighted by atomic mass is 9.97. The van der Waals surface area contributed by atoms with Crippen molar-refractivity contribution in [2.45, 2.75) is 364 Å². The number of carbonyl (C=O) groups excluding carboxylic acids is 1. The molecule has 14 nitrogen and oxygen atoms in total. The lowest BCUT2D eigenvalue weighted by Crippen LogP contribution is -2.65. The number of allylic oxidation sites excluding steroid dienone is 6. The Kier molecular flexibility index (Phi) is 48.8. The van der Waals surface area contributed by atoms with Gasteiger partial charge in [0, 0.05) is 6.42 Å². The summed E-state index contributed by atoms with van der Waals surface area (Å²) in [6, 6.07) is -0.825. The summed E-state index contributed by atoms with van der Waals surface area (Å²) >= 11 is 0. The summed E-state index contributed by atoms with van der Waals surface area (Å²) in [6.07, 6.45) is 49.1. The molecule has 0 aromatic heterocycles. The van der Waals surface area contributed by atoms with Crippen LogP contribution in [0.15, 0.2) is 36.5 Å². The van der Waals surface area contributed by atoms with Crippen LogP contribution < -0.4 is 5.32 Å². The zero-order chi connectivity index (χ0) is 58.8. The third kappa shape index (κ3) is 37.4. The Balaban J connectivity index is 1.54. The standard InChI is InChI=1S/C67H125NO13/c1-3-5-7-9-11-13-15-16-17-18-19-20-21-22-23-24-25-26-27-28-29-30-31-32-33-34-35-36-37-38-39-40-41-43-45-47-49-51-59(72)68-55(56(71)50-48-46-44-42-14-12-10-8-6-4-2)54-78-66-64(77)62(75)65(58(53-70)80-66)81-67-63(76)61(74)60(73)57(52-69)79-67/h15-16,18-19,21-22,55-58,60-67,69-71,73-77H,3-14,17,20,23-54H2,1-2H3,(H,68,72)/b16-15-,19-18-,22-21-. The number of hydrogen-bond donors (Lipinski definition) is 9. The number of aliphatic hydroxyl groups excluding tert-OH is 8. The smallest absolute Gasteiger partial charge is 0.220 e. The predicted molar refractivity (Wildman–Crippen MR) is 328 cm³/mol. The van der Waals surface area contributed by atoms with Crippen molar-refractivity contribution in [2.75, 3.05) is 19.8 Å². The summed E-state index contributed by atoms with van der Waals surface area (Å²) in [5, 5.41) is 87.2. The Labute approximate surface area is 493 Å². The molecule has 2 aliphatic heterocycles. The van der Waals surface area contributed by atoms with Gasteiger partial charge in [0.15, 0.2) is 12.6 Å². The first kappa shape index (κ1) is 75.3. The van der Waals surface area contributed by atoms with Gasteiger partial charge in [0.2, 0.25) is 5.91 Å². The van der Waals surface area contributed by atoms with E-state index in [9.17, 15) is 45.6 Å². The third-order valence-corrected chi connectivity index (χ3v) is 16.6. The summed E-state index contributed by atoms with van der Waals surface area (Å²) in [6.45, 7) is 2.85. The first-order valence-corrected chi connectivity index (χ1v) is 33.7. The normalized spacial score (nSPS) is 24.3. The average Bonchev–Trinajstić information content (AvgIpc) is 3.51. The highest BCUT2D eigenvalue weighted by atomic mass is 16.7. The van der Waals surface area contributed by atoms with Gasteiger partial charge in [-0.25, -0.2) is 0 Å². The highest BCUT2D eigenvalue weighted by molar-refractivity contribution is 5.76. The van der Waals surface area contributed by atoms with Crippen molar-refractivity contribution in [1.29, 1.82) is 0 Å². The molecule has 2 heterocycles. The van der Waals surface area contributed by atoms with Crippen LogP contribution in [0.4, 0.5) is 0 Å². The number of rotatable bonds is 55. The maximum Gasteiger partial charge on any atom is 0.220 e. The second-order valence-electron chi connectivity index (χ2n) is 24.0. The monoisotopic (exact) mass is 1150 g/mol. The molecule has 0 aromatic carbocycles. The number of unbranched alkanes of at least 4 members (excludes halogenated alkanes) is 36. The minimum absolute atomic E-state index is 0.204. The van der Waals surface area contributed by atoms with Crippen molar-refractivity contribution in [3.05, 3.63) is 36.5 Å². The molecular formula is C67H125NO13. The molecule has 2 saturated heterocycles. The summed E-state index contributed by atoms with van der Waals surface area (Å²) in [7, 11) is 0. The Morgan fingerprint density at radius 1 is 0.444 bits per heavy atom. The predicted octanol–water partition coefficient (Wildman–Crippen LogP) is 13.0. The van der Waals surface area contributed by atoms with Gasteiger partial charge in [-0.15, -0.1) is 0 Å². The van der Waals surface area contributed by atoms with Crippen LogP contribution in [0.25, 0.3) is 0 Å². The Bertz CT molecular complexity index is 1500. The van der Waals surface area contributed by atoms with E-state index in [-0.39, 0.29) is 12.5 Å². The second-order valence-corrected chi connectivity index (χ2v) is 24.0. The van der Waals surface area contributed by atoms with Gasteiger partial charge in [-0.3, -0.25) is 4.79 Å². The van der Waals surface area contributed by atoms with E-state index in [1.54, 1.807) is 0 Å². The number of nitrogens with one attached hydrogen (secondary N) is 1. The van der Waals surface area contributed by atoms with E-state index < -0.39 is 86.8 Å². The molecule has 0 bridgehead atoms. The van der Waals surface area contributed by atoms with Gasteiger partial charge < -0.3 is 65.1 Å². The van der Waals surface area contributed by atoms with Crippen LogP contribution in [0.2, 0.25) is 0 Å². The lowest BCUT2D eigenvalue weighted by Gasteiger charge is -2.46. The summed E-state index contributed by atoms with van der Waals surface area (Å²) < 4.78 is 22.8. The number of hydrogen-bond acceptors (Lipinski definition) is 13. The van der Waals surface area contributed by atoms with Crippen LogP contribution in [-0.2, 0) is 23.7 Å². The Morgan fingerprint density at radius 3 is 1.25 bits per heavy atom. The van der Waals surface area contributed by atoms with Crippen LogP contribution >= 0.6 is 0 Å². The van der Waals surface area contributed by atoms with E-state index in [1.807, 2.05) is 0 Å².